The van der Waals surface area contributed by atoms with Crippen molar-refractivity contribution < 1.29 is 4.79 Å². The fraction of sp³-hybridized carbons (Fsp3) is 0.824. The molecule has 2 nitrogen and oxygen atoms in total. The maximum atomic E-state index is 12.1. The summed E-state index contributed by atoms with van der Waals surface area (Å²) in [6.45, 7) is 8.80. The molecular weight excluding hydrogens is 234 g/mol. The molecular formula is C17H29NO. The molecule has 1 atom stereocenters. The number of allylic oxidation sites excluding steroid dienone is 1. The molecule has 0 radical (unpaired) electrons. The summed E-state index contributed by atoms with van der Waals surface area (Å²) in [5, 5.41) is 0. The minimum absolute atomic E-state index is 0.237. The summed E-state index contributed by atoms with van der Waals surface area (Å²) in [5.74, 6) is 1.88. The highest BCUT2D eigenvalue weighted by atomic mass is 16.2. The molecule has 1 saturated heterocycles. The van der Waals surface area contributed by atoms with Gasteiger partial charge in [0.1, 0.15) is 0 Å². The Morgan fingerprint density at radius 3 is 2.84 bits per heavy atom. The summed E-state index contributed by atoms with van der Waals surface area (Å²) in [6.07, 6.45) is 11.2. The number of amides is 1. The lowest BCUT2D eigenvalue weighted by molar-refractivity contribution is -0.125. The quantitative estimate of drug-likeness (QED) is 0.686. The van der Waals surface area contributed by atoms with Crippen LogP contribution in [0.4, 0.5) is 0 Å². The predicted molar refractivity (Wildman–Crippen MR) is 79.9 cm³/mol. The zero-order valence-corrected chi connectivity index (χ0v) is 12.8. The first-order valence-corrected chi connectivity index (χ1v) is 8.00. The van der Waals surface area contributed by atoms with Crippen LogP contribution >= 0.6 is 0 Å². The van der Waals surface area contributed by atoms with E-state index in [1.807, 2.05) is 6.08 Å². The van der Waals surface area contributed by atoms with Crippen LogP contribution in [0.5, 0.6) is 0 Å². The number of likely N-dealkylation sites (tertiary alicyclic amines) is 1. The van der Waals surface area contributed by atoms with Gasteiger partial charge in [-0.25, -0.2) is 0 Å². The number of hydrogen-bond acceptors (Lipinski definition) is 1. The summed E-state index contributed by atoms with van der Waals surface area (Å²) < 4.78 is 0. The van der Waals surface area contributed by atoms with Crippen LogP contribution in [0, 0.1) is 17.3 Å². The van der Waals surface area contributed by atoms with Crippen LogP contribution in [-0.4, -0.2) is 23.9 Å². The van der Waals surface area contributed by atoms with E-state index in [1.54, 1.807) is 0 Å². The minimum atomic E-state index is 0.237. The van der Waals surface area contributed by atoms with E-state index in [4.69, 9.17) is 0 Å². The fourth-order valence-corrected chi connectivity index (χ4v) is 3.75. The Bertz CT molecular complexity index is 341. The lowest BCUT2D eigenvalue weighted by Gasteiger charge is -2.43. The van der Waals surface area contributed by atoms with Crippen molar-refractivity contribution >= 4 is 5.91 Å². The predicted octanol–water partition coefficient (Wildman–Crippen LogP) is 4.02. The number of hydrogen-bond donors (Lipinski definition) is 0. The summed E-state index contributed by atoms with van der Waals surface area (Å²) >= 11 is 0. The van der Waals surface area contributed by atoms with Crippen molar-refractivity contribution in [2.75, 3.05) is 13.1 Å². The molecule has 0 aromatic carbocycles. The number of rotatable bonds is 5. The number of carbonyl (C=O) groups is 1. The maximum absolute atomic E-state index is 12.1. The molecule has 1 unspecified atom stereocenters. The Kier molecular flexibility index (Phi) is 4.70. The second kappa shape index (κ2) is 6.11. The molecule has 0 bridgehead atoms. The van der Waals surface area contributed by atoms with E-state index in [1.165, 1.54) is 32.1 Å². The van der Waals surface area contributed by atoms with Crippen LogP contribution in [-0.2, 0) is 4.79 Å². The SMILES string of the molecule is CCC(C)CC/C=C/C(=O)N1CCC2(CC(C)C2)C1. The van der Waals surface area contributed by atoms with Gasteiger partial charge in [-0.1, -0.05) is 33.3 Å². The summed E-state index contributed by atoms with van der Waals surface area (Å²) in [7, 11) is 0. The average Bonchev–Trinajstić information content (AvgIpc) is 2.78. The molecule has 1 amide bonds. The molecule has 1 spiro atoms. The molecule has 2 aliphatic rings. The van der Waals surface area contributed by atoms with Gasteiger partial charge >= 0.3 is 0 Å². The third kappa shape index (κ3) is 3.61. The summed E-state index contributed by atoms with van der Waals surface area (Å²) in [4.78, 5) is 14.2. The Morgan fingerprint density at radius 1 is 1.47 bits per heavy atom. The molecule has 19 heavy (non-hydrogen) atoms. The van der Waals surface area contributed by atoms with Gasteiger partial charge in [-0.2, -0.15) is 0 Å². The van der Waals surface area contributed by atoms with Crippen LogP contribution in [0.25, 0.3) is 0 Å². The van der Waals surface area contributed by atoms with Gasteiger partial charge in [0, 0.05) is 13.1 Å². The fourth-order valence-electron chi connectivity index (χ4n) is 3.75. The lowest BCUT2D eigenvalue weighted by atomic mass is 9.62. The van der Waals surface area contributed by atoms with Crippen molar-refractivity contribution in [2.24, 2.45) is 17.3 Å². The van der Waals surface area contributed by atoms with E-state index >= 15 is 0 Å². The van der Waals surface area contributed by atoms with Crippen LogP contribution in [0.15, 0.2) is 12.2 Å². The van der Waals surface area contributed by atoms with Gasteiger partial charge in [0.2, 0.25) is 5.91 Å². The third-order valence-electron chi connectivity index (χ3n) is 5.10. The molecule has 0 N–H and O–H groups in total. The summed E-state index contributed by atoms with van der Waals surface area (Å²) in [6, 6.07) is 0. The smallest absolute Gasteiger partial charge is 0.246 e. The molecule has 0 aromatic heterocycles. The maximum Gasteiger partial charge on any atom is 0.246 e. The standard InChI is InChI=1S/C17H29NO/c1-4-14(2)7-5-6-8-16(19)18-10-9-17(13-18)11-15(3)12-17/h6,8,14-15H,4-5,7,9-13H2,1-3H3/b8-6+. The highest BCUT2D eigenvalue weighted by Gasteiger charge is 2.47. The Balaban J connectivity index is 1.71. The summed E-state index contributed by atoms with van der Waals surface area (Å²) in [5.41, 5.74) is 0.500. The van der Waals surface area contributed by atoms with Gasteiger partial charge in [-0.15, -0.1) is 0 Å². The van der Waals surface area contributed by atoms with Crippen molar-refractivity contribution in [1.29, 1.82) is 0 Å². The molecule has 0 aromatic rings. The zero-order valence-electron chi connectivity index (χ0n) is 12.8. The Morgan fingerprint density at radius 2 is 2.21 bits per heavy atom. The largest absolute Gasteiger partial charge is 0.339 e. The van der Waals surface area contributed by atoms with E-state index < -0.39 is 0 Å². The first-order chi connectivity index (χ1) is 9.04. The number of nitrogens with zero attached hydrogens (tertiary/aromatic N) is 1. The zero-order chi connectivity index (χ0) is 13.9. The van der Waals surface area contributed by atoms with E-state index in [0.717, 1.165) is 31.3 Å². The molecule has 2 heteroatoms. The van der Waals surface area contributed by atoms with Gasteiger partial charge in [0.15, 0.2) is 0 Å². The normalized spacial score (nSPS) is 31.9. The molecule has 108 valence electrons. The topological polar surface area (TPSA) is 20.3 Å². The average molecular weight is 263 g/mol. The van der Waals surface area contributed by atoms with Crippen molar-refractivity contribution in [2.45, 2.75) is 59.3 Å². The van der Waals surface area contributed by atoms with E-state index in [2.05, 4.69) is 31.7 Å². The lowest BCUT2D eigenvalue weighted by Crippen LogP contribution is -2.39. The molecule has 1 heterocycles. The van der Waals surface area contributed by atoms with Gasteiger partial charge in [0.05, 0.1) is 0 Å². The highest BCUT2D eigenvalue weighted by molar-refractivity contribution is 5.87. The molecule has 1 aliphatic heterocycles. The van der Waals surface area contributed by atoms with Gasteiger partial charge in [-0.3, -0.25) is 4.79 Å². The van der Waals surface area contributed by atoms with E-state index in [9.17, 15) is 4.79 Å². The van der Waals surface area contributed by atoms with Crippen LogP contribution < -0.4 is 0 Å². The monoisotopic (exact) mass is 263 g/mol. The van der Waals surface area contributed by atoms with Crippen LogP contribution in [0.1, 0.15) is 59.3 Å². The second-order valence-electron chi connectivity index (χ2n) is 7.02. The highest BCUT2D eigenvalue weighted by Crippen LogP contribution is 2.51. The molecule has 2 rings (SSSR count). The van der Waals surface area contributed by atoms with Crippen molar-refractivity contribution in [1.82, 2.24) is 4.90 Å². The third-order valence-corrected chi connectivity index (χ3v) is 5.10. The molecule has 2 fully saturated rings. The van der Waals surface area contributed by atoms with Crippen molar-refractivity contribution in [3.63, 3.8) is 0 Å². The molecule has 1 aliphatic carbocycles. The van der Waals surface area contributed by atoms with Crippen LogP contribution in [0.3, 0.4) is 0 Å². The molecule has 1 saturated carbocycles. The minimum Gasteiger partial charge on any atom is -0.339 e. The second-order valence-corrected chi connectivity index (χ2v) is 7.02. The van der Waals surface area contributed by atoms with E-state index in [-0.39, 0.29) is 5.91 Å². The first kappa shape index (κ1) is 14.6. The number of carbonyl (C=O) groups excluding carboxylic acids is 1. The van der Waals surface area contributed by atoms with Crippen molar-refractivity contribution in [3.05, 3.63) is 12.2 Å². The van der Waals surface area contributed by atoms with Gasteiger partial charge in [0.25, 0.3) is 0 Å². The first-order valence-electron chi connectivity index (χ1n) is 8.00. The van der Waals surface area contributed by atoms with Crippen molar-refractivity contribution in [3.8, 4) is 0 Å². The van der Waals surface area contributed by atoms with Gasteiger partial charge < -0.3 is 4.90 Å². The van der Waals surface area contributed by atoms with Gasteiger partial charge in [-0.05, 0) is 55.4 Å². The van der Waals surface area contributed by atoms with Crippen LogP contribution in [0.2, 0.25) is 0 Å². The Labute approximate surface area is 118 Å². The Hall–Kier alpha value is -0.790. The van der Waals surface area contributed by atoms with E-state index in [0.29, 0.717) is 5.41 Å².